The summed E-state index contributed by atoms with van der Waals surface area (Å²) >= 11 is 0. The van der Waals surface area contributed by atoms with Gasteiger partial charge in [-0.2, -0.15) is 0 Å². The summed E-state index contributed by atoms with van der Waals surface area (Å²) in [5, 5.41) is 0. The molecule has 0 N–H and O–H groups in total. The Morgan fingerprint density at radius 3 is 2.81 bits per heavy atom. The van der Waals surface area contributed by atoms with Gasteiger partial charge in [0.15, 0.2) is 5.78 Å². The number of Topliss-reactive ketones (excluding diaryl/α,β-unsaturated/α-hetero) is 1. The minimum atomic E-state index is -0.379. The lowest BCUT2D eigenvalue weighted by Crippen LogP contribution is -2.03. The summed E-state index contributed by atoms with van der Waals surface area (Å²) < 4.78 is 18.0. The predicted molar refractivity (Wildman–Crippen MR) is 57.9 cm³/mol. The maximum Gasteiger partial charge on any atom is 0.167 e. The highest BCUT2D eigenvalue weighted by molar-refractivity contribution is 5.97. The molecule has 0 radical (unpaired) electrons. The maximum absolute atomic E-state index is 13.1. The lowest BCUT2D eigenvalue weighted by Gasteiger charge is -2.01. The summed E-state index contributed by atoms with van der Waals surface area (Å²) in [7, 11) is 0. The van der Waals surface area contributed by atoms with E-state index in [1.54, 1.807) is 19.1 Å². The van der Waals surface area contributed by atoms with Crippen molar-refractivity contribution in [3.8, 4) is 0 Å². The summed E-state index contributed by atoms with van der Waals surface area (Å²) in [4.78, 5) is 11.8. The third kappa shape index (κ3) is 2.37. The SMILES string of the molecule is Cc1cc(F)cc(C(=O)Cc2ccoc2)c1. The van der Waals surface area contributed by atoms with Gasteiger partial charge < -0.3 is 4.42 Å². The van der Waals surface area contributed by atoms with Crippen molar-refractivity contribution < 1.29 is 13.6 Å². The Hall–Kier alpha value is -1.90. The fourth-order valence-corrected chi connectivity index (χ4v) is 1.58. The van der Waals surface area contributed by atoms with Gasteiger partial charge in [0, 0.05) is 12.0 Å². The molecule has 0 unspecified atom stereocenters. The number of carbonyl (C=O) groups is 1. The summed E-state index contributed by atoms with van der Waals surface area (Å²) in [5.41, 5.74) is 1.95. The van der Waals surface area contributed by atoms with E-state index in [2.05, 4.69) is 0 Å². The number of halogens is 1. The number of ketones is 1. The van der Waals surface area contributed by atoms with E-state index in [0.29, 0.717) is 5.56 Å². The minimum absolute atomic E-state index is 0.107. The number of aryl methyl sites for hydroxylation is 1. The highest BCUT2D eigenvalue weighted by atomic mass is 19.1. The predicted octanol–water partition coefficient (Wildman–Crippen LogP) is 3.15. The van der Waals surface area contributed by atoms with Crippen LogP contribution in [0.1, 0.15) is 21.5 Å². The average Bonchev–Trinajstić information content (AvgIpc) is 2.68. The molecule has 0 amide bonds. The Balaban J connectivity index is 2.21. The smallest absolute Gasteiger partial charge is 0.167 e. The zero-order chi connectivity index (χ0) is 11.5. The van der Waals surface area contributed by atoms with E-state index < -0.39 is 0 Å². The first-order chi connectivity index (χ1) is 7.65. The van der Waals surface area contributed by atoms with Crippen molar-refractivity contribution in [3.05, 3.63) is 59.3 Å². The van der Waals surface area contributed by atoms with Crippen molar-refractivity contribution in [2.75, 3.05) is 0 Å². The number of carbonyl (C=O) groups excluding carboxylic acids is 1. The van der Waals surface area contributed by atoms with Crippen LogP contribution in [0.15, 0.2) is 41.2 Å². The van der Waals surface area contributed by atoms with E-state index >= 15 is 0 Å². The van der Waals surface area contributed by atoms with Gasteiger partial charge in [0.05, 0.1) is 12.5 Å². The van der Waals surface area contributed by atoms with Crippen LogP contribution in [0.4, 0.5) is 4.39 Å². The Kier molecular flexibility index (Phi) is 2.86. The van der Waals surface area contributed by atoms with Crippen LogP contribution in [0.25, 0.3) is 0 Å². The van der Waals surface area contributed by atoms with Gasteiger partial charge >= 0.3 is 0 Å². The second-order valence-corrected chi connectivity index (χ2v) is 3.75. The molecule has 2 nitrogen and oxygen atoms in total. The lowest BCUT2D eigenvalue weighted by atomic mass is 10.0. The maximum atomic E-state index is 13.1. The van der Waals surface area contributed by atoms with Crippen molar-refractivity contribution in [1.29, 1.82) is 0 Å². The van der Waals surface area contributed by atoms with Crippen molar-refractivity contribution in [2.24, 2.45) is 0 Å². The minimum Gasteiger partial charge on any atom is -0.472 e. The molecule has 3 heteroatoms. The molecule has 0 saturated heterocycles. The standard InChI is InChI=1S/C13H11FO2/c1-9-4-11(7-12(14)5-9)13(15)6-10-2-3-16-8-10/h2-5,7-8H,6H2,1H3. The van der Waals surface area contributed by atoms with Crippen LogP contribution in [0.2, 0.25) is 0 Å². The fraction of sp³-hybridized carbons (Fsp3) is 0.154. The van der Waals surface area contributed by atoms with Crippen LogP contribution >= 0.6 is 0 Å². The largest absolute Gasteiger partial charge is 0.472 e. The molecule has 0 aliphatic heterocycles. The van der Waals surface area contributed by atoms with Crippen molar-refractivity contribution in [1.82, 2.24) is 0 Å². The molecule has 0 saturated carbocycles. The molecular formula is C13H11FO2. The Labute approximate surface area is 92.7 Å². The van der Waals surface area contributed by atoms with Crippen molar-refractivity contribution in [3.63, 3.8) is 0 Å². The van der Waals surface area contributed by atoms with E-state index in [-0.39, 0.29) is 18.0 Å². The molecule has 0 aliphatic rings. The number of benzene rings is 1. The normalized spacial score (nSPS) is 10.4. The second kappa shape index (κ2) is 4.31. The number of rotatable bonds is 3. The van der Waals surface area contributed by atoms with Crippen LogP contribution in [-0.2, 0) is 6.42 Å². The van der Waals surface area contributed by atoms with E-state index in [4.69, 9.17) is 4.42 Å². The summed E-state index contributed by atoms with van der Waals surface area (Å²) in [6, 6.07) is 6.07. The zero-order valence-corrected chi connectivity index (χ0v) is 8.87. The van der Waals surface area contributed by atoms with Crippen molar-refractivity contribution in [2.45, 2.75) is 13.3 Å². The first kappa shape index (κ1) is 10.6. The Bertz CT molecular complexity index is 480. The Morgan fingerprint density at radius 1 is 1.38 bits per heavy atom. The van der Waals surface area contributed by atoms with Gasteiger partial charge in [-0.05, 0) is 42.3 Å². The summed E-state index contributed by atoms with van der Waals surface area (Å²) in [6.07, 6.45) is 3.27. The van der Waals surface area contributed by atoms with Crippen LogP contribution in [-0.4, -0.2) is 5.78 Å². The Morgan fingerprint density at radius 2 is 2.19 bits per heavy atom. The third-order valence-corrected chi connectivity index (χ3v) is 2.31. The van der Waals surface area contributed by atoms with E-state index in [0.717, 1.165) is 11.1 Å². The molecule has 1 aromatic carbocycles. The molecular weight excluding hydrogens is 207 g/mol. The van der Waals surface area contributed by atoms with Crippen LogP contribution in [0.3, 0.4) is 0 Å². The second-order valence-electron chi connectivity index (χ2n) is 3.75. The lowest BCUT2D eigenvalue weighted by molar-refractivity contribution is 0.0992. The molecule has 0 aliphatic carbocycles. The van der Waals surface area contributed by atoms with E-state index in [1.807, 2.05) is 0 Å². The van der Waals surface area contributed by atoms with Crippen molar-refractivity contribution >= 4 is 5.78 Å². The first-order valence-electron chi connectivity index (χ1n) is 4.96. The molecule has 0 fully saturated rings. The third-order valence-electron chi connectivity index (χ3n) is 2.31. The monoisotopic (exact) mass is 218 g/mol. The molecule has 16 heavy (non-hydrogen) atoms. The molecule has 1 aromatic heterocycles. The van der Waals surface area contributed by atoms with Gasteiger partial charge in [-0.25, -0.2) is 4.39 Å². The highest BCUT2D eigenvalue weighted by Gasteiger charge is 2.09. The molecule has 1 heterocycles. The fourth-order valence-electron chi connectivity index (χ4n) is 1.58. The van der Waals surface area contributed by atoms with E-state index in [1.165, 1.54) is 24.7 Å². The number of hydrogen-bond donors (Lipinski definition) is 0. The number of furan rings is 1. The average molecular weight is 218 g/mol. The van der Waals surface area contributed by atoms with Crippen LogP contribution in [0, 0.1) is 12.7 Å². The van der Waals surface area contributed by atoms with Gasteiger partial charge in [-0.3, -0.25) is 4.79 Å². The highest BCUT2D eigenvalue weighted by Crippen LogP contribution is 2.12. The molecule has 82 valence electrons. The molecule has 2 rings (SSSR count). The van der Waals surface area contributed by atoms with Gasteiger partial charge in [-0.15, -0.1) is 0 Å². The molecule has 2 aromatic rings. The zero-order valence-electron chi connectivity index (χ0n) is 8.87. The first-order valence-corrected chi connectivity index (χ1v) is 4.96. The van der Waals surface area contributed by atoms with Gasteiger partial charge in [-0.1, -0.05) is 0 Å². The topological polar surface area (TPSA) is 30.2 Å². The van der Waals surface area contributed by atoms with Crippen LogP contribution in [0.5, 0.6) is 0 Å². The number of hydrogen-bond acceptors (Lipinski definition) is 2. The quantitative estimate of drug-likeness (QED) is 0.741. The van der Waals surface area contributed by atoms with Gasteiger partial charge in [0.2, 0.25) is 0 Å². The molecule has 0 bridgehead atoms. The van der Waals surface area contributed by atoms with Gasteiger partial charge in [0.1, 0.15) is 5.82 Å². The summed E-state index contributed by atoms with van der Waals surface area (Å²) in [5.74, 6) is -0.487. The molecule has 0 spiro atoms. The van der Waals surface area contributed by atoms with Gasteiger partial charge in [0.25, 0.3) is 0 Å². The summed E-state index contributed by atoms with van der Waals surface area (Å²) in [6.45, 7) is 1.76. The molecule has 0 atom stereocenters. The van der Waals surface area contributed by atoms with Crippen LogP contribution < -0.4 is 0 Å². The van der Waals surface area contributed by atoms with E-state index in [9.17, 15) is 9.18 Å².